The van der Waals surface area contributed by atoms with Crippen molar-refractivity contribution in [2.75, 3.05) is 14.1 Å². The second kappa shape index (κ2) is 11.9. The number of unbranched alkanes of at least 4 members (excludes halogenated alkanes) is 4. The number of hydrogen-bond donors (Lipinski definition) is 0. The summed E-state index contributed by atoms with van der Waals surface area (Å²) >= 11 is 0. The van der Waals surface area contributed by atoms with Crippen LogP contribution in [0.5, 0.6) is 0 Å². The average Bonchev–Trinajstić information content (AvgIpc) is 2.48. The first-order valence-electron chi connectivity index (χ1n) is 9.97. The molecule has 0 saturated carbocycles. The molecule has 0 rings (SSSR count). The molecule has 23 heavy (non-hydrogen) atoms. The fourth-order valence-corrected chi connectivity index (χ4v) is 3.98. The molecular weight excluding hydrogens is 282 g/mol. The van der Waals surface area contributed by atoms with Gasteiger partial charge in [-0.25, -0.2) is 0 Å². The Morgan fingerprint density at radius 2 is 1.52 bits per heavy atom. The second-order valence-corrected chi connectivity index (χ2v) is 8.40. The summed E-state index contributed by atoms with van der Waals surface area (Å²) in [6.45, 7) is 11.5. The summed E-state index contributed by atoms with van der Waals surface area (Å²) < 4.78 is 0. The van der Waals surface area contributed by atoms with Crippen molar-refractivity contribution < 1.29 is 4.79 Å². The zero-order valence-corrected chi connectivity index (χ0v) is 17.1. The molecule has 2 nitrogen and oxygen atoms in total. The van der Waals surface area contributed by atoms with Gasteiger partial charge < -0.3 is 4.90 Å². The van der Waals surface area contributed by atoms with Crippen LogP contribution in [0.1, 0.15) is 98.8 Å². The topological polar surface area (TPSA) is 20.3 Å². The van der Waals surface area contributed by atoms with Crippen molar-refractivity contribution in [1.82, 2.24) is 4.90 Å². The Morgan fingerprint density at radius 3 is 2.04 bits per heavy atom. The summed E-state index contributed by atoms with van der Waals surface area (Å²) in [5, 5.41) is 0. The van der Waals surface area contributed by atoms with Crippen LogP contribution in [0.25, 0.3) is 0 Å². The maximum atomic E-state index is 12.1. The minimum absolute atomic E-state index is 0.149. The molecule has 0 bridgehead atoms. The maximum Gasteiger partial charge on any atom is 0.224 e. The molecule has 0 spiro atoms. The predicted molar refractivity (Wildman–Crippen MR) is 103 cm³/mol. The number of nitrogens with zero attached hydrogens (tertiary/aromatic N) is 1. The zero-order chi connectivity index (χ0) is 17.9. The third kappa shape index (κ3) is 10.0. The quantitative estimate of drug-likeness (QED) is 0.364. The first-order valence-corrected chi connectivity index (χ1v) is 9.97. The van der Waals surface area contributed by atoms with Crippen LogP contribution in [0.4, 0.5) is 0 Å². The summed E-state index contributed by atoms with van der Waals surface area (Å²) in [5.41, 5.74) is 0.462. The van der Waals surface area contributed by atoms with Gasteiger partial charge in [0.25, 0.3) is 0 Å². The van der Waals surface area contributed by atoms with Gasteiger partial charge in [-0.2, -0.15) is 0 Å². The molecule has 0 fully saturated rings. The molecule has 0 aliphatic rings. The summed E-state index contributed by atoms with van der Waals surface area (Å²) in [6.07, 6.45) is 13.0. The Labute approximate surface area is 146 Å². The van der Waals surface area contributed by atoms with Crippen LogP contribution >= 0.6 is 0 Å². The van der Waals surface area contributed by atoms with Crippen molar-refractivity contribution in [2.24, 2.45) is 17.3 Å². The lowest BCUT2D eigenvalue weighted by Crippen LogP contribution is -2.30. The van der Waals surface area contributed by atoms with E-state index in [1.165, 1.54) is 57.8 Å². The van der Waals surface area contributed by atoms with Crippen LogP contribution < -0.4 is 0 Å². The molecule has 0 heterocycles. The Balaban J connectivity index is 4.51. The molecule has 138 valence electrons. The molecule has 3 unspecified atom stereocenters. The minimum Gasteiger partial charge on any atom is -0.349 e. The molecule has 0 aromatic heterocycles. The highest BCUT2D eigenvalue weighted by Crippen LogP contribution is 2.38. The highest BCUT2D eigenvalue weighted by molar-refractivity contribution is 5.77. The predicted octanol–water partition coefficient (Wildman–Crippen LogP) is 6.29. The first-order chi connectivity index (χ1) is 10.8. The molecule has 0 aromatic carbocycles. The van der Waals surface area contributed by atoms with E-state index in [-0.39, 0.29) is 11.8 Å². The van der Waals surface area contributed by atoms with Gasteiger partial charge in [-0.1, -0.05) is 73.1 Å². The Hall–Kier alpha value is -0.530. The van der Waals surface area contributed by atoms with E-state index in [9.17, 15) is 4.79 Å². The molecular formula is C21H43NO. The van der Waals surface area contributed by atoms with Crippen molar-refractivity contribution in [3.05, 3.63) is 0 Å². The van der Waals surface area contributed by atoms with Gasteiger partial charge in [0.05, 0.1) is 0 Å². The highest BCUT2D eigenvalue weighted by Gasteiger charge is 2.27. The molecule has 0 radical (unpaired) electrons. The molecule has 0 saturated heterocycles. The van der Waals surface area contributed by atoms with Gasteiger partial charge in [0, 0.05) is 20.0 Å². The smallest absolute Gasteiger partial charge is 0.224 e. The van der Waals surface area contributed by atoms with E-state index in [4.69, 9.17) is 0 Å². The van der Waals surface area contributed by atoms with Crippen LogP contribution in [-0.2, 0) is 4.79 Å². The van der Waals surface area contributed by atoms with Gasteiger partial charge in [0.2, 0.25) is 5.91 Å². The van der Waals surface area contributed by atoms with Crippen molar-refractivity contribution in [1.29, 1.82) is 0 Å². The van der Waals surface area contributed by atoms with E-state index in [0.29, 0.717) is 11.3 Å². The number of hydrogen-bond acceptors (Lipinski definition) is 1. The highest BCUT2D eigenvalue weighted by atomic mass is 16.2. The summed E-state index contributed by atoms with van der Waals surface area (Å²) in [4.78, 5) is 13.8. The van der Waals surface area contributed by atoms with E-state index in [1.807, 2.05) is 14.1 Å². The summed E-state index contributed by atoms with van der Waals surface area (Å²) in [6, 6.07) is 0. The van der Waals surface area contributed by atoms with E-state index in [2.05, 4.69) is 34.6 Å². The molecule has 0 aliphatic heterocycles. The fraction of sp³-hybridized carbons (Fsp3) is 0.952. The van der Waals surface area contributed by atoms with E-state index in [1.54, 1.807) is 4.90 Å². The van der Waals surface area contributed by atoms with Crippen molar-refractivity contribution in [3.8, 4) is 0 Å². The summed E-state index contributed by atoms with van der Waals surface area (Å²) in [7, 11) is 3.73. The van der Waals surface area contributed by atoms with Gasteiger partial charge in [0.15, 0.2) is 0 Å². The van der Waals surface area contributed by atoms with E-state index in [0.717, 1.165) is 6.42 Å². The van der Waals surface area contributed by atoms with E-state index < -0.39 is 0 Å². The minimum atomic E-state index is 0.149. The average molecular weight is 326 g/mol. The van der Waals surface area contributed by atoms with Gasteiger partial charge in [-0.15, -0.1) is 0 Å². The molecule has 1 amide bonds. The number of rotatable bonds is 13. The molecule has 0 aliphatic carbocycles. The lowest BCUT2D eigenvalue weighted by molar-refractivity contribution is -0.133. The Kier molecular flexibility index (Phi) is 11.6. The van der Waals surface area contributed by atoms with Gasteiger partial charge in [0.1, 0.15) is 0 Å². The maximum absolute atomic E-state index is 12.1. The molecule has 3 atom stereocenters. The van der Waals surface area contributed by atoms with Gasteiger partial charge >= 0.3 is 0 Å². The third-order valence-corrected chi connectivity index (χ3v) is 5.23. The SMILES string of the molecule is CCCCCCC(C)(CCCC)CC(C)CC(C)C(=O)N(C)C. The van der Waals surface area contributed by atoms with Crippen molar-refractivity contribution >= 4 is 5.91 Å². The number of amides is 1. The lowest BCUT2D eigenvalue weighted by Gasteiger charge is -2.33. The van der Waals surface area contributed by atoms with Gasteiger partial charge in [-0.05, 0) is 37.0 Å². The van der Waals surface area contributed by atoms with E-state index >= 15 is 0 Å². The molecule has 0 aromatic rings. The fourth-order valence-electron chi connectivity index (χ4n) is 3.98. The van der Waals surface area contributed by atoms with Crippen LogP contribution in [-0.4, -0.2) is 24.9 Å². The normalized spacial score (nSPS) is 16.7. The molecule has 2 heteroatoms. The lowest BCUT2D eigenvalue weighted by atomic mass is 9.72. The van der Waals surface area contributed by atoms with Crippen LogP contribution in [0.15, 0.2) is 0 Å². The monoisotopic (exact) mass is 325 g/mol. The first kappa shape index (κ1) is 22.5. The number of carbonyl (C=O) groups excluding carboxylic acids is 1. The zero-order valence-electron chi connectivity index (χ0n) is 17.1. The van der Waals surface area contributed by atoms with Crippen molar-refractivity contribution in [3.63, 3.8) is 0 Å². The van der Waals surface area contributed by atoms with Crippen LogP contribution in [0.2, 0.25) is 0 Å². The Morgan fingerprint density at radius 1 is 0.957 bits per heavy atom. The number of carbonyl (C=O) groups is 1. The van der Waals surface area contributed by atoms with Crippen LogP contribution in [0, 0.1) is 17.3 Å². The molecule has 0 N–H and O–H groups in total. The second-order valence-electron chi connectivity index (χ2n) is 8.40. The Bertz CT molecular complexity index is 313. The van der Waals surface area contributed by atoms with Gasteiger partial charge in [-0.3, -0.25) is 4.79 Å². The largest absolute Gasteiger partial charge is 0.349 e. The standard InChI is InChI=1S/C21H43NO/c1-8-10-12-13-15-21(5,14-11-9-2)17-18(3)16-19(4)20(23)22(6)7/h18-19H,8-17H2,1-7H3. The van der Waals surface area contributed by atoms with Crippen molar-refractivity contribution in [2.45, 2.75) is 98.8 Å². The summed E-state index contributed by atoms with van der Waals surface area (Å²) in [5.74, 6) is 1.05. The van der Waals surface area contributed by atoms with Crippen LogP contribution in [0.3, 0.4) is 0 Å². The third-order valence-electron chi connectivity index (χ3n) is 5.23.